The van der Waals surface area contributed by atoms with Crippen molar-refractivity contribution in [3.8, 4) is 0 Å². The third-order valence-electron chi connectivity index (χ3n) is 14.7. The second kappa shape index (κ2) is 64.6. The summed E-state index contributed by atoms with van der Waals surface area (Å²) in [5.74, 6) is -0.875. The molecule has 0 saturated carbocycles. The van der Waals surface area contributed by atoms with Crippen molar-refractivity contribution in [2.45, 2.75) is 354 Å². The average Bonchev–Trinajstić information content (AvgIpc) is 3.42. The molecule has 0 amide bonds. The van der Waals surface area contributed by atoms with Crippen molar-refractivity contribution in [2.75, 3.05) is 13.2 Å². The molecule has 0 heterocycles. The molecular weight excluding hydrogens is 937 g/mol. The summed E-state index contributed by atoms with van der Waals surface area (Å²) < 4.78 is 16.9. The third kappa shape index (κ3) is 62.0. The van der Waals surface area contributed by atoms with Gasteiger partial charge in [-0.2, -0.15) is 0 Å². The first kappa shape index (κ1) is 73.1. The molecule has 0 fully saturated rings. The summed E-state index contributed by atoms with van der Waals surface area (Å²) in [5, 5.41) is 0. The molecule has 0 aromatic rings. The smallest absolute Gasteiger partial charge is 0.306 e. The van der Waals surface area contributed by atoms with Crippen LogP contribution in [0.2, 0.25) is 0 Å². The lowest BCUT2D eigenvalue weighted by atomic mass is 10.0. The summed E-state index contributed by atoms with van der Waals surface area (Å²) in [7, 11) is 0. The normalized spacial score (nSPS) is 12.4. The maximum atomic E-state index is 12.9. The van der Waals surface area contributed by atoms with Crippen molar-refractivity contribution in [1.29, 1.82) is 0 Å². The molecule has 0 aliphatic heterocycles. The average molecular weight is 1060 g/mol. The van der Waals surface area contributed by atoms with Crippen molar-refractivity contribution in [1.82, 2.24) is 0 Å². The standard InChI is InChI=1S/C70H126O6/c1-4-7-10-13-16-19-22-24-26-28-30-32-33-34-35-36-37-39-40-42-44-46-48-51-54-57-60-63-69(72)75-66-67(65-74-68(71)62-59-56-53-50-21-18-15-12-9-6-3)76-70(73)64-61-58-55-52-49-47-45-43-41-38-31-29-27-25-23-20-17-14-11-8-5-2/h12,15,22-25,28-31,67H,4-11,13-14,16-21,26-27,32-66H2,1-3H3/b15-12-,24-22-,25-23-,30-28-,31-29-. The number of unbranched alkanes of at least 4 members (excludes halogenated alkanes) is 40. The molecule has 0 spiro atoms. The van der Waals surface area contributed by atoms with Gasteiger partial charge in [0.05, 0.1) is 0 Å². The van der Waals surface area contributed by atoms with Gasteiger partial charge in [0.15, 0.2) is 6.10 Å². The highest BCUT2D eigenvalue weighted by molar-refractivity contribution is 5.71. The zero-order valence-electron chi connectivity index (χ0n) is 50.8. The van der Waals surface area contributed by atoms with E-state index in [1.165, 1.54) is 225 Å². The van der Waals surface area contributed by atoms with Gasteiger partial charge in [-0.15, -0.1) is 0 Å². The topological polar surface area (TPSA) is 78.9 Å². The predicted octanol–water partition coefficient (Wildman–Crippen LogP) is 22.7. The minimum absolute atomic E-state index is 0.0763. The lowest BCUT2D eigenvalue weighted by Gasteiger charge is -2.18. The zero-order chi connectivity index (χ0) is 55.0. The van der Waals surface area contributed by atoms with Gasteiger partial charge >= 0.3 is 17.9 Å². The minimum atomic E-state index is -0.779. The van der Waals surface area contributed by atoms with Crippen LogP contribution in [0.3, 0.4) is 0 Å². The van der Waals surface area contributed by atoms with Crippen LogP contribution in [-0.2, 0) is 28.6 Å². The maximum absolute atomic E-state index is 12.9. The van der Waals surface area contributed by atoms with E-state index >= 15 is 0 Å². The van der Waals surface area contributed by atoms with E-state index in [9.17, 15) is 14.4 Å². The van der Waals surface area contributed by atoms with E-state index in [1.54, 1.807) is 0 Å². The van der Waals surface area contributed by atoms with Crippen LogP contribution in [0.25, 0.3) is 0 Å². The molecule has 0 N–H and O–H groups in total. The van der Waals surface area contributed by atoms with E-state index < -0.39 is 6.10 Å². The Hall–Kier alpha value is -2.89. The van der Waals surface area contributed by atoms with Gasteiger partial charge in [0.1, 0.15) is 13.2 Å². The summed E-state index contributed by atoms with van der Waals surface area (Å²) >= 11 is 0. The number of rotatable bonds is 61. The van der Waals surface area contributed by atoms with Crippen LogP contribution in [0.1, 0.15) is 348 Å². The van der Waals surface area contributed by atoms with Crippen LogP contribution in [0.5, 0.6) is 0 Å². The summed E-state index contributed by atoms with van der Waals surface area (Å²) in [6.45, 7) is 6.59. The van der Waals surface area contributed by atoms with Crippen LogP contribution in [-0.4, -0.2) is 37.2 Å². The lowest BCUT2D eigenvalue weighted by Crippen LogP contribution is -2.30. The zero-order valence-corrected chi connectivity index (χ0v) is 50.8. The first-order valence-corrected chi connectivity index (χ1v) is 33.3. The van der Waals surface area contributed by atoms with Crippen molar-refractivity contribution in [3.05, 3.63) is 60.8 Å². The summed E-state index contributed by atoms with van der Waals surface area (Å²) in [5.41, 5.74) is 0. The van der Waals surface area contributed by atoms with Gasteiger partial charge in [-0.25, -0.2) is 0 Å². The lowest BCUT2D eigenvalue weighted by molar-refractivity contribution is -0.167. The number of carbonyl (C=O) groups is 3. The van der Waals surface area contributed by atoms with E-state index in [1.807, 2.05) is 0 Å². The Kier molecular flexibility index (Phi) is 62.2. The summed E-state index contributed by atoms with van der Waals surface area (Å²) in [6, 6.07) is 0. The van der Waals surface area contributed by atoms with E-state index in [0.29, 0.717) is 19.3 Å². The Morgan fingerprint density at radius 3 is 0.789 bits per heavy atom. The van der Waals surface area contributed by atoms with E-state index in [-0.39, 0.29) is 31.1 Å². The number of hydrogen-bond acceptors (Lipinski definition) is 6. The van der Waals surface area contributed by atoms with Gasteiger partial charge in [-0.3, -0.25) is 14.4 Å². The number of hydrogen-bond donors (Lipinski definition) is 0. The Labute approximate surface area is 472 Å². The summed E-state index contributed by atoms with van der Waals surface area (Å²) in [6.07, 6.45) is 82.5. The Morgan fingerprint density at radius 1 is 0.263 bits per heavy atom. The highest BCUT2D eigenvalue weighted by Crippen LogP contribution is 2.17. The first-order chi connectivity index (χ1) is 37.5. The number of allylic oxidation sites excluding steroid dienone is 10. The quantitative estimate of drug-likeness (QED) is 0.0261. The number of ether oxygens (including phenoxy) is 3. The van der Waals surface area contributed by atoms with Crippen LogP contribution >= 0.6 is 0 Å². The molecule has 442 valence electrons. The molecule has 0 aliphatic carbocycles. The SMILES string of the molecule is CCC/C=C\CCCCCCCC(=O)OCC(COC(=O)CCCCCCCCCCCCCCCCC/C=C\C/C=C\CCCCCCC)OC(=O)CCCCCCCCCCC/C=C\C/C=C\CCCCCCC. The minimum Gasteiger partial charge on any atom is -0.462 e. The molecule has 0 aromatic heterocycles. The van der Waals surface area contributed by atoms with Gasteiger partial charge in [0.2, 0.25) is 0 Å². The van der Waals surface area contributed by atoms with Crippen molar-refractivity contribution in [2.24, 2.45) is 0 Å². The molecule has 0 aromatic carbocycles. The molecule has 0 aliphatic rings. The van der Waals surface area contributed by atoms with Crippen molar-refractivity contribution in [3.63, 3.8) is 0 Å². The Balaban J connectivity index is 4.19. The largest absolute Gasteiger partial charge is 0.462 e. The Morgan fingerprint density at radius 2 is 0.500 bits per heavy atom. The van der Waals surface area contributed by atoms with Crippen LogP contribution in [0.15, 0.2) is 60.8 Å². The van der Waals surface area contributed by atoms with Crippen LogP contribution in [0, 0.1) is 0 Å². The molecule has 0 bridgehead atoms. The van der Waals surface area contributed by atoms with Gasteiger partial charge < -0.3 is 14.2 Å². The summed E-state index contributed by atoms with van der Waals surface area (Å²) in [4.78, 5) is 38.2. The molecule has 6 nitrogen and oxygen atoms in total. The molecule has 0 saturated heterocycles. The predicted molar refractivity (Wildman–Crippen MR) is 330 cm³/mol. The molecule has 6 heteroatoms. The third-order valence-corrected chi connectivity index (χ3v) is 14.7. The van der Waals surface area contributed by atoms with Gasteiger partial charge in [0, 0.05) is 19.3 Å². The monoisotopic (exact) mass is 1060 g/mol. The van der Waals surface area contributed by atoms with E-state index in [4.69, 9.17) is 14.2 Å². The number of carbonyl (C=O) groups excluding carboxylic acids is 3. The van der Waals surface area contributed by atoms with E-state index in [2.05, 4.69) is 81.5 Å². The molecule has 0 radical (unpaired) electrons. The van der Waals surface area contributed by atoms with Gasteiger partial charge in [0.25, 0.3) is 0 Å². The molecule has 0 rings (SSSR count). The van der Waals surface area contributed by atoms with E-state index in [0.717, 1.165) is 83.5 Å². The maximum Gasteiger partial charge on any atom is 0.306 e. The highest BCUT2D eigenvalue weighted by Gasteiger charge is 2.19. The number of esters is 3. The first-order valence-electron chi connectivity index (χ1n) is 33.3. The second-order valence-electron chi connectivity index (χ2n) is 22.4. The Bertz CT molecular complexity index is 1360. The molecule has 1 atom stereocenters. The van der Waals surface area contributed by atoms with Crippen molar-refractivity contribution >= 4 is 17.9 Å². The molecular formula is C70H126O6. The van der Waals surface area contributed by atoms with Crippen molar-refractivity contribution < 1.29 is 28.6 Å². The van der Waals surface area contributed by atoms with Crippen LogP contribution in [0.4, 0.5) is 0 Å². The fourth-order valence-corrected chi connectivity index (χ4v) is 9.68. The molecule has 76 heavy (non-hydrogen) atoms. The highest BCUT2D eigenvalue weighted by atomic mass is 16.6. The fraction of sp³-hybridized carbons (Fsp3) is 0.814. The van der Waals surface area contributed by atoms with Gasteiger partial charge in [-0.05, 0) is 103 Å². The second-order valence-corrected chi connectivity index (χ2v) is 22.4. The fourth-order valence-electron chi connectivity index (χ4n) is 9.68. The molecule has 1 unspecified atom stereocenters. The van der Waals surface area contributed by atoms with Gasteiger partial charge in [-0.1, -0.05) is 287 Å². The van der Waals surface area contributed by atoms with Crippen LogP contribution < -0.4 is 0 Å².